The van der Waals surface area contributed by atoms with Gasteiger partial charge in [0, 0.05) is 24.1 Å². The number of unbranched alkanes of at least 4 members (excludes halogenated alkanes) is 1. The minimum Gasteiger partial charge on any atom is -0.480 e. The highest BCUT2D eigenvalue weighted by molar-refractivity contribution is 7.80. The molecule has 1 aromatic heterocycles. The lowest BCUT2D eigenvalue weighted by Gasteiger charge is -2.23. The minimum absolute atomic E-state index is 0.0931. The molecule has 1 aromatic rings. The fourth-order valence-electron chi connectivity index (χ4n) is 2.61. The molecule has 31 heavy (non-hydrogen) atoms. The van der Waals surface area contributed by atoms with Crippen molar-refractivity contribution in [3.8, 4) is 0 Å². The van der Waals surface area contributed by atoms with E-state index < -0.39 is 47.9 Å². The number of thiol groups is 1. The maximum absolute atomic E-state index is 12.8. The molecule has 0 saturated heterocycles. The number of hydrogen-bond donors (Lipinski definition) is 8. The first-order valence-electron chi connectivity index (χ1n) is 9.87. The number of carbonyl (C=O) groups is 4. The van der Waals surface area contributed by atoms with Crippen LogP contribution in [-0.2, 0) is 25.6 Å². The number of carboxylic acid groups (broad SMARTS) is 1. The molecular formula is C18H31N7O5S. The van der Waals surface area contributed by atoms with Gasteiger partial charge in [-0.25, -0.2) is 9.78 Å². The monoisotopic (exact) mass is 457 g/mol. The molecule has 3 amide bonds. The van der Waals surface area contributed by atoms with Gasteiger partial charge >= 0.3 is 5.97 Å². The molecule has 12 nitrogen and oxygen atoms in total. The van der Waals surface area contributed by atoms with Crippen LogP contribution >= 0.6 is 12.6 Å². The number of carbonyl (C=O) groups excluding carboxylic acids is 3. The summed E-state index contributed by atoms with van der Waals surface area (Å²) in [4.78, 5) is 55.2. The van der Waals surface area contributed by atoms with Gasteiger partial charge in [0.15, 0.2) is 0 Å². The second kappa shape index (κ2) is 13.6. The third-order valence-electron chi connectivity index (χ3n) is 4.47. The summed E-state index contributed by atoms with van der Waals surface area (Å²) in [6.45, 7) is 1.90. The summed E-state index contributed by atoms with van der Waals surface area (Å²) in [5, 5.41) is 16.4. The average Bonchev–Trinajstić information content (AvgIpc) is 3.24. The number of H-pyrrole nitrogens is 1. The van der Waals surface area contributed by atoms with Crippen molar-refractivity contribution in [2.75, 3.05) is 12.3 Å². The van der Waals surface area contributed by atoms with Crippen molar-refractivity contribution in [3.63, 3.8) is 0 Å². The summed E-state index contributed by atoms with van der Waals surface area (Å²) in [5.41, 5.74) is 11.9. The molecule has 1 rings (SSSR count). The van der Waals surface area contributed by atoms with Gasteiger partial charge < -0.3 is 37.5 Å². The Morgan fingerprint density at radius 3 is 2.35 bits per heavy atom. The molecule has 0 aliphatic heterocycles. The summed E-state index contributed by atoms with van der Waals surface area (Å²) in [5.74, 6) is -3.18. The van der Waals surface area contributed by atoms with Gasteiger partial charge in [-0.15, -0.1) is 0 Å². The van der Waals surface area contributed by atoms with E-state index in [-0.39, 0.29) is 12.2 Å². The van der Waals surface area contributed by atoms with Crippen LogP contribution in [0.15, 0.2) is 12.5 Å². The highest BCUT2D eigenvalue weighted by Gasteiger charge is 2.28. The smallest absolute Gasteiger partial charge is 0.327 e. The van der Waals surface area contributed by atoms with Crippen LogP contribution in [-0.4, -0.2) is 75.2 Å². The zero-order chi connectivity index (χ0) is 23.4. The number of carboxylic acids is 1. The Kier molecular flexibility index (Phi) is 11.6. The minimum atomic E-state index is -1.24. The van der Waals surface area contributed by atoms with Crippen LogP contribution in [0.5, 0.6) is 0 Å². The number of aliphatic carboxylic acids is 1. The van der Waals surface area contributed by atoms with E-state index in [1.165, 1.54) is 19.4 Å². The maximum Gasteiger partial charge on any atom is 0.327 e. The molecule has 13 heteroatoms. The number of nitrogens with zero attached hydrogens (tertiary/aromatic N) is 1. The molecule has 9 N–H and O–H groups in total. The normalized spacial score (nSPS) is 14.7. The molecule has 0 radical (unpaired) electrons. The van der Waals surface area contributed by atoms with Gasteiger partial charge in [0.1, 0.15) is 18.1 Å². The molecule has 0 aliphatic rings. The third kappa shape index (κ3) is 9.36. The van der Waals surface area contributed by atoms with Gasteiger partial charge in [-0.2, -0.15) is 12.6 Å². The van der Waals surface area contributed by atoms with E-state index in [0.29, 0.717) is 25.1 Å². The summed E-state index contributed by atoms with van der Waals surface area (Å²) in [6.07, 6.45) is 4.86. The first-order valence-corrected chi connectivity index (χ1v) is 10.5. The summed E-state index contributed by atoms with van der Waals surface area (Å²) in [7, 11) is 0. The Hall–Kier alpha value is -2.64. The van der Waals surface area contributed by atoms with Crippen LogP contribution in [0.3, 0.4) is 0 Å². The molecule has 0 aliphatic carbocycles. The largest absolute Gasteiger partial charge is 0.480 e. The van der Waals surface area contributed by atoms with Gasteiger partial charge in [-0.3, -0.25) is 14.4 Å². The molecule has 0 fully saturated rings. The first kappa shape index (κ1) is 26.4. The van der Waals surface area contributed by atoms with E-state index in [2.05, 4.69) is 38.5 Å². The quantitative estimate of drug-likeness (QED) is 0.114. The summed E-state index contributed by atoms with van der Waals surface area (Å²) in [6, 6.07) is -4.07. The predicted molar refractivity (Wildman–Crippen MR) is 116 cm³/mol. The number of hydrogen-bond acceptors (Lipinski definition) is 8. The van der Waals surface area contributed by atoms with Crippen molar-refractivity contribution in [1.82, 2.24) is 25.9 Å². The molecule has 1 heterocycles. The van der Waals surface area contributed by atoms with Crippen LogP contribution in [0.4, 0.5) is 0 Å². The van der Waals surface area contributed by atoms with Gasteiger partial charge in [0.2, 0.25) is 17.7 Å². The molecule has 0 saturated carbocycles. The predicted octanol–water partition coefficient (Wildman–Crippen LogP) is -2.10. The second-order valence-corrected chi connectivity index (χ2v) is 7.41. The number of aromatic nitrogens is 2. The van der Waals surface area contributed by atoms with E-state index in [1.54, 1.807) is 0 Å². The number of aromatic amines is 1. The van der Waals surface area contributed by atoms with Crippen molar-refractivity contribution in [2.24, 2.45) is 11.5 Å². The van der Waals surface area contributed by atoms with E-state index in [1.807, 2.05) is 0 Å². The van der Waals surface area contributed by atoms with Gasteiger partial charge in [0.05, 0.1) is 12.4 Å². The van der Waals surface area contributed by atoms with Crippen LogP contribution in [0.1, 0.15) is 31.9 Å². The molecular weight excluding hydrogens is 426 g/mol. The standard InChI is InChI=1S/C18H31N7O5S/c1-10(15(26)25-14(8-31)18(29)30)23-17(28)13(6-11-7-21-9-22-11)24-16(27)12(20)4-2-3-5-19/h7,9-10,12-14,31H,2-6,8,19-20H2,1H3,(H,21,22)(H,23,28)(H,24,27)(H,25,26)(H,29,30). The van der Waals surface area contributed by atoms with Crippen molar-refractivity contribution >= 4 is 36.3 Å². The SMILES string of the molecule is CC(NC(=O)C(Cc1cnc[nH]1)NC(=O)C(N)CCCCN)C(=O)NC(CS)C(=O)O. The zero-order valence-corrected chi connectivity index (χ0v) is 18.2. The number of amides is 3. The highest BCUT2D eigenvalue weighted by Crippen LogP contribution is 2.03. The Labute approximate surface area is 185 Å². The Morgan fingerprint density at radius 1 is 1.13 bits per heavy atom. The Bertz CT molecular complexity index is 731. The zero-order valence-electron chi connectivity index (χ0n) is 17.3. The second-order valence-electron chi connectivity index (χ2n) is 7.05. The maximum atomic E-state index is 12.8. The van der Waals surface area contributed by atoms with Crippen molar-refractivity contribution < 1.29 is 24.3 Å². The lowest BCUT2D eigenvalue weighted by molar-refractivity contribution is -0.141. The van der Waals surface area contributed by atoms with Crippen LogP contribution < -0.4 is 27.4 Å². The first-order chi connectivity index (χ1) is 14.7. The molecule has 0 aromatic carbocycles. The topological polar surface area (TPSA) is 205 Å². The highest BCUT2D eigenvalue weighted by atomic mass is 32.1. The number of nitrogens with one attached hydrogen (secondary N) is 4. The molecule has 0 bridgehead atoms. The molecule has 174 valence electrons. The van der Waals surface area contributed by atoms with Gasteiger partial charge in [-0.1, -0.05) is 6.42 Å². The fraction of sp³-hybridized carbons (Fsp3) is 0.611. The fourth-order valence-corrected chi connectivity index (χ4v) is 2.85. The van der Waals surface area contributed by atoms with Crippen LogP contribution in [0.25, 0.3) is 0 Å². The average molecular weight is 458 g/mol. The van der Waals surface area contributed by atoms with E-state index in [4.69, 9.17) is 16.6 Å². The number of imidazole rings is 1. The van der Waals surface area contributed by atoms with E-state index in [9.17, 15) is 19.2 Å². The van der Waals surface area contributed by atoms with Crippen LogP contribution in [0.2, 0.25) is 0 Å². The lowest BCUT2D eigenvalue weighted by atomic mass is 10.1. The van der Waals surface area contributed by atoms with Crippen molar-refractivity contribution in [3.05, 3.63) is 18.2 Å². The van der Waals surface area contributed by atoms with Crippen LogP contribution in [0, 0.1) is 0 Å². The van der Waals surface area contributed by atoms with E-state index in [0.717, 1.165) is 6.42 Å². The summed E-state index contributed by atoms with van der Waals surface area (Å²) >= 11 is 3.88. The van der Waals surface area contributed by atoms with Crippen molar-refractivity contribution in [2.45, 2.75) is 56.8 Å². The molecule has 4 atom stereocenters. The summed E-state index contributed by atoms with van der Waals surface area (Å²) < 4.78 is 0. The lowest BCUT2D eigenvalue weighted by Crippen LogP contribution is -2.57. The number of nitrogens with two attached hydrogens (primary N) is 2. The molecule has 0 spiro atoms. The number of rotatable bonds is 14. The Morgan fingerprint density at radius 2 is 1.81 bits per heavy atom. The van der Waals surface area contributed by atoms with Gasteiger partial charge in [0.25, 0.3) is 0 Å². The molecule has 4 unspecified atom stereocenters. The Balaban J connectivity index is 2.78. The van der Waals surface area contributed by atoms with Gasteiger partial charge in [-0.05, 0) is 26.3 Å². The van der Waals surface area contributed by atoms with Crippen molar-refractivity contribution in [1.29, 1.82) is 0 Å². The van der Waals surface area contributed by atoms with E-state index >= 15 is 0 Å². The third-order valence-corrected chi connectivity index (χ3v) is 4.83.